The predicted octanol–water partition coefficient (Wildman–Crippen LogP) is 4.27. The number of nitrogens with zero attached hydrogens (tertiary/aromatic N) is 1. The van der Waals surface area contributed by atoms with E-state index >= 15 is 0 Å². The summed E-state index contributed by atoms with van der Waals surface area (Å²) < 4.78 is 0. The lowest BCUT2D eigenvalue weighted by molar-refractivity contribution is 0.222. The Hall–Kier alpha value is -2.02. The van der Waals surface area contributed by atoms with Crippen molar-refractivity contribution in [3.63, 3.8) is 0 Å². The summed E-state index contributed by atoms with van der Waals surface area (Å²) in [6.07, 6.45) is 23.9. The maximum Gasteiger partial charge on any atom is 0.0446 e. The summed E-state index contributed by atoms with van der Waals surface area (Å²) in [4.78, 5) is 2.54. The van der Waals surface area contributed by atoms with Crippen molar-refractivity contribution in [2.24, 2.45) is 23.7 Å². The second kappa shape index (κ2) is 3.84. The molecule has 1 nitrogen and oxygen atoms in total. The fourth-order valence-corrected chi connectivity index (χ4v) is 5.56. The van der Waals surface area contributed by atoms with Crippen LogP contribution in [0.3, 0.4) is 0 Å². The van der Waals surface area contributed by atoms with Crippen LogP contribution in [0.4, 0.5) is 0 Å². The average molecular weight is 285 g/mol. The second-order valence-corrected chi connectivity index (χ2v) is 7.36. The van der Waals surface area contributed by atoms with Crippen molar-refractivity contribution in [3.8, 4) is 0 Å². The van der Waals surface area contributed by atoms with E-state index in [1.807, 2.05) is 0 Å². The zero-order valence-electron chi connectivity index (χ0n) is 12.6. The van der Waals surface area contributed by atoms with Crippen molar-refractivity contribution in [3.05, 3.63) is 82.8 Å². The number of allylic oxidation sites excluding steroid dienone is 11. The van der Waals surface area contributed by atoms with E-state index in [2.05, 4.69) is 59.7 Å². The average Bonchev–Trinajstić information content (AvgIpc) is 2.55. The maximum atomic E-state index is 2.59. The molecule has 0 N–H and O–H groups in total. The lowest BCUT2D eigenvalue weighted by atomic mass is 9.57. The van der Waals surface area contributed by atoms with Crippen LogP contribution in [0.2, 0.25) is 0 Å². The largest absolute Gasteiger partial charge is 0.347 e. The summed E-state index contributed by atoms with van der Waals surface area (Å²) in [5.74, 6) is 2.66. The van der Waals surface area contributed by atoms with Crippen LogP contribution in [0.25, 0.3) is 0 Å². The van der Waals surface area contributed by atoms with Gasteiger partial charge in [0.25, 0.3) is 0 Å². The molecule has 0 aromatic heterocycles. The van der Waals surface area contributed by atoms with Gasteiger partial charge in [0, 0.05) is 30.3 Å². The SMILES string of the molecule is C1=CC2=CC3CC=CC4CN5C=CCC6=CC(=C1)C2C(=C65)C34. The van der Waals surface area contributed by atoms with Crippen LogP contribution in [-0.2, 0) is 0 Å². The van der Waals surface area contributed by atoms with Crippen LogP contribution < -0.4 is 0 Å². The van der Waals surface area contributed by atoms with Gasteiger partial charge in [-0.3, -0.25) is 0 Å². The van der Waals surface area contributed by atoms with E-state index in [0.717, 1.165) is 18.9 Å². The van der Waals surface area contributed by atoms with Gasteiger partial charge in [-0.25, -0.2) is 0 Å². The molecule has 2 aliphatic heterocycles. The van der Waals surface area contributed by atoms with E-state index in [9.17, 15) is 0 Å². The van der Waals surface area contributed by atoms with Gasteiger partial charge in [0.05, 0.1) is 0 Å². The third-order valence-electron chi connectivity index (χ3n) is 6.27. The maximum absolute atomic E-state index is 2.59. The highest BCUT2D eigenvalue weighted by Gasteiger charge is 2.48. The Balaban J connectivity index is 1.70. The van der Waals surface area contributed by atoms with Gasteiger partial charge in [0.1, 0.15) is 0 Å². The normalized spacial score (nSPS) is 39.3. The molecule has 1 heteroatoms. The minimum Gasteiger partial charge on any atom is -0.347 e. The standard InChI is InChI=1S/C21H19N/c1-4-13-10-14-6-2-7-17-12-22-9-3-8-16-11-15(5-1)18(13)20(19(14)17)21(16)22/h1-5,7,9-11,14,17-19H,6,8,12H2. The van der Waals surface area contributed by atoms with Gasteiger partial charge >= 0.3 is 0 Å². The Kier molecular flexibility index (Phi) is 2.01. The van der Waals surface area contributed by atoms with Crippen LogP contribution in [0, 0.1) is 23.7 Å². The van der Waals surface area contributed by atoms with Crippen LogP contribution >= 0.6 is 0 Å². The van der Waals surface area contributed by atoms with E-state index in [1.165, 1.54) is 12.0 Å². The molecule has 0 aromatic rings. The molecular formula is C21H19N. The molecule has 6 rings (SSSR count). The van der Waals surface area contributed by atoms with Crippen molar-refractivity contribution < 1.29 is 0 Å². The molecule has 2 heterocycles. The zero-order valence-corrected chi connectivity index (χ0v) is 12.6. The van der Waals surface area contributed by atoms with Crippen molar-refractivity contribution in [1.82, 2.24) is 4.90 Å². The van der Waals surface area contributed by atoms with Crippen LogP contribution in [0.1, 0.15) is 12.8 Å². The monoisotopic (exact) mass is 285 g/mol. The summed E-state index contributed by atoms with van der Waals surface area (Å²) in [6.45, 7) is 1.16. The fourth-order valence-electron chi connectivity index (χ4n) is 5.56. The van der Waals surface area contributed by atoms with E-state index in [4.69, 9.17) is 0 Å². The molecule has 0 amide bonds. The Labute approximate surface area is 131 Å². The minimum absolute atomic E-state index is 0.535. The molecule has 22 heavy (non-hydrogen) atoms. The van der Waals surface area contributed by atoms with Gasteiger partial charge in [-0.2, -0.15) is 0 Å². The van der Waals surface area contributed by atoms with Gasteiger partial charge in [-0.1, -0.05) is 48.6 Å². The first-order valence-corrected chi connectivity index (χ1v) is 8.55. The fraction of sp³-hybridized carbons (Fsp3) is 0.333. The summed E-state index contributed by atoms with van der Waals surface area (Å²) in [6, 6.07) is 0. The molecule has 0 saturated heterocycles. The zero-order chi connectivity index (χ0) is 14.3. The number of hydrogen-bond acceptors (Lipinski definition) is 1. The Bertz CT molecular complexity index is 796. The highest BCUT2D eigenvalue weighted by Crippen LogP contribution is 2.57. The first-order chi connectivity index (χ1) is 10.9. The molecule has 0 bridgehead atoms. The predicted molar refractivity (Wildman–Crippen MR) is 88.6 cm³/mol. The number of rotatable bonds is 0. The number of hydrogen-bond donors (Lipinski definition) is 0. The lowest BCUT2D eigenvalue weighted by Crippen LogP contribution is -2.46. The third-order valence-corrected chi connectivity index (χ3v) is 6.27. The molecule has 108 valence electrons. The summed E-state index contributed by atoms with van der Waals surface area (Å²) in [5.41, 5.74) is 7.92. The van der Waals surface area contributed by atoms with Crippen LogP contribution in [0.5, 0.6) is 0 Å². The molecule has 0 fully saturated rings. The van der Waals surface area contributed by atoms with Gasteiger partial charge < -0.3 is 4.90 Å². The summed E-state index contributed by atoms with van der Waals surface area (Å²) in [7, 11) is 0. The van der Waals surface area contributed by atoms with Crippen molar-refractivity contribution >= 4 is 0 Å². The van der Waals surface area contributed by atoms with Crippen molar-refractivity contribution in [1.29, 1.82) is 0 Å². The third kappa shape index (κ3) is 1.27. The highest BCUT2D eigenvalue weighted by molar-refractivity contribution is 5.62. The van der Waals surface area contributed by atoms with Crippen LogP contribution in [-0.4, -0.2) is 11.4 Å². The van der Waals surface area contributed by atoms with Crippen molar-refractivity contribution in [2.45, 2.75) is 12.8 Å². The summed E-state index contributed by atoms with van der Waals surface area (Å²) in [5, 5.41) is 0. The molecule has 0 aromatic carbocycles. The lowest BCUT2D eigenvalue weighted by Gasteiger charge is -2.53. The molecule has 0 saturated carbocycles. The van der Waals surface area contributed by atoms with E-state index < -0.39 is 0 Å². The second-order valence-electron chi connectivity index (χ2n) is 7.36. The van der Waals surface area contributed by atoms with E-state index in [1.54, 1.807) is 22.4 Å². The van der Waals surface area contributed by atoms with Crippen molar-refractivity contribution in [2.75, 3.05) is 6.54 Å². The molecular weight excluding hydrogens is 266 g/mol. The van der Waals surface area contributed by atoms with Gasteiger partial charge in [-0.15, -0.1) is 0 Å². The molecule has 0 spiro atoms. The molecule has 4 aliphatic carbocycles. The van der Waals surface area contributed by atoms with Gasteiger partial charge in [-0.05, 0) is 47.0 Å². The first-order valence-electron chi connectivity index (χ1n) is 8.55. The Morgan fingerprint density at radius 2 is 2.09 bits per heavy atom. The van der Waals surface area contributed by atoms with Crippen LogP contribution in [0.15, 0.2) is 82.8 Å². The smallest absolute Gasteiger partial charge is 0.0446 e. The van der Waals surface area contributed by atoms with Gasteiger partial charge in [0.2, 0.25) is 0 Å². The molecule has 0 radical (unpaired) electrons. The summed E-state index contributed by atoms with van der Waals surface area (Å²) >= 11 is 0. The Morgan fingerprint density at radius 3 is 3.09 bits per heavy atom. The quantitative estimate of drug-likeness (QED) is 0.601. The molecule has 4 atom stereocenters. The first kappa shape index (κ1) is 11.5. The van der Waals surface area contributed by atoms with E-state index in [0.29, 0.717) is 17.8 Å². The van der Waals surface area contributed by atoms with Gasteiger partial charge in [0.15, 0.2) is 0 Å². The minimum atomic E-state index is 0.535. The highest BCUT2D eigenvalue weighted by atomic mass is 15.1. The molecule has 6 aliphatic rings. The topological polar surface area (TPSA) is 3.24 Å². The van der Waals surface area contributed by atoms with E-state index in [-0.39, 0.29) is 0 Å². The Morgan fingerprint density at radius 1 is 1.09 bits per heavy atom. The molecule has 4 unspecified atom stereocenters.